The van der Waals surface area contributed by atoms with Gasteiger partial charge in [0.25, 0.3) is 11.8 Å². The molecule has 1 aliphatic heterocycles. The quantitative estimate of drug-likeness (QED) is 0.561. The van der Waals surface area contributed by atoms with Crippen molar-refractivity contribution in [2.75, 3.05) is 0 Å². The van der Waals surface area contributed by atoms with Gasteiger partial charge in [-0.3, -0.25) is 15.0 Å². The lowest BCUT2D eigenvalue weighted by molar-refractivity contribution is -0.132. The molecule has 3 aromatic rings. The van der Waals surface area contributed by atoms with Crippen LogP contribution in [0.4, 0.5) is 4.79 Å². The van der Waals surface area contributed by atoms with Gasteiger partial charge in [0.15, 0.2) is 0 Å². The van der Waals surface area contributed by atoms with Crippen molar-refractivity contribution in [2.45, 2.75) is 12.5 Å². The van der Waals surface area contributed by atoms with Crippen LogP contribution in [0.5, 0.6) is 0 Å². The fourth-order valence-corrected chi connectivity index (χ4v) is 3.47. The second kappa shape index (κ2) is 6.24. The summed E-state index contributed by atoms with van der Waals surface area (Å²) >= 11 is 3.38. The van der Waals surface area contributed by atoms with Crippen LogP contribution in [-0.4, -0.2) is 27.8 Å². The molecule has 7 nitrogen and oxygen atoms in total. The van der Waals surface area contributed by atoms with E-state index < -0.39 is 23.4 Å². The van der Waals surface area contributed by atoms with Crippen molar-refractivity contribution in [3.05, 3.63) is 70.3 Å². The average molecular weight is 427 g/mol. The molecule has 0 radical (unpaired) electrons. The van der Waals surface area contributed by atoms with Gasteiger partial charge in [0.1, 0.15) is 11.2 Å². The summed E-state index contributed by atoms with van der Waals surface area (Å²) in [6, 6.07) is 15.4. The summed E-state index contributed by atoms with van der Waals surface area (Å²) in [5.74, 6) is -1.13. The Morgan fingerprint density at radius 1 is 1.11 bits per heavy atom. The van der Waals surface area contributed by atoms with Crippen LogP contribution in [0.25, 0.3) is 10.9 Å². The van der Waals surface area contributed by atoms with Gasteiger partial charge >= 0.3 is 6.03 Å². The van der Waals surface area contributed by atoms with Gasteiger partial charge in [-0.1, -0.05) is 46.3 Å². The number of urea groups is 1. The van der Waals surface area contributed by atoms with Crippen molar-refractivity contribution in [3.63, 3.8) is 0 Å². The fourth-order valence-electron chi connectivity index (χ4n) is 3.10. The van der Waals surface area contributed by atoms with Gasteiger partial charge in [-0.25, -0.2) is 4.79 Å². The van der Waals surface area contributed by atoms with E-state index in [-0.39, 0.29) is 5.69 Å². The van der Waals surface area contributed by atoms with Crippen LogP contribution >= 0.6 is 15.9 Å². The molecule has 0 bridgehead atoms. The molecule has 2 aromatic carbocycles. The second-order valence-corrected chi connectivity index (χ2v) is 7.33. The molecule has 0 spiro atoms. The minimum atomic E-state index is -1.24. The third-order valence-electron chi connectivity index (χ3n) is 4.58. The smallest absolute Gasteiger partial charge is 0.344 e. The maximum atomic E-state index is 12.8. The molecular weight excluding hydrogens is 412 g/mol. The standard InChI is InChI=1S/C19H15BrN4O3/c1-19(12-5-3-2-4-6-12)17(26)24(18(27)22-19)23-16(25)15-10-11-9-13(20)7-8-14(11)21-15/h2-10,21H,1H3,(H,22,27)(H,23,25). The highest BCUT2D eigenvalue weighted by Gasteiger charge is 2.50. The number of nitrogens with zero attached hydrogens (tertiary/aromatic N) is 1. The van der Waals surface area contributed by atoms with E-state index in [4.69, 9.17) is 0 Å². The van der Waals surface area contributed by atoms with Gasteiger partial charge in [0, 0.05) is 15.4 Å². The summed E-state index contributed by atoms with van der Waals surface area (Å²) in [5.41, 5.74) is 2.80. The van der Waals surface area contributed by atoms with Crippen LogP contribution in [0.1, 0.15) is 23.0 Å². The van der Waals surface area contributed by atoms with Crippen LogP contribution < -0.4 is 10.7 Å². The lowest BCUT2D eigenvalue weighted by atomic mass is 9.92. The highest BCUT2D eigenvalue weighted by molar-refractivity contribution is 9.10. The number of hydrogen-bond donors (Lipinski definition) is 3. The normalized spacial score (nSPS) is 19.4. The Bertz CT molecular complexity index is 1080. The third-order valence-corrected chi connectivity index (χ3v) is 5.08. The molecule has 1 unspecified atom stereocenters. The fraction of sp³-hybridized carbons (Fsp3) is 0.105. The Labute approximate surface area is 162 Å². The van der Waals surface area contributed by atoms with Crippen LogP contribution in [-0.2, 0) is 10.3 Å². The highest BCUT2D eigenvalue weighted by atomic mass is 79.9. The second-order valence-electron chi connectivity index (χ2n) is 6.42. The molecular formula is C19H15BrN4O3. The molecule has 3 N–H and O–H groups in total. The third kappa shape index (κ3) is 2.87. The number of halogens is 1. The van der Waals surface area contributed by atoms with Crippen LogP contribution in [0, 0.1) is 0 Å². The van der Waals surface area contributed by atoms with E-state index >= 15 is 0 Å². The lowest BCUT2D eigenvalue weighted by Crippen LogP contribution is -2.48. The van der Waals surface area contributed by atoms with E-state index in [1.54, 1.807) is 37.3 Å². The maximum Gasteiger partial charge on any atom is 0.344 e. The minimum Gasteiger partial charge on any atom is -0.350 e. The summed E-state index contributed by atoms with van der Waals surface area (Å²) in [7, 11) is 0. The number of imide groups is 1. The number of hydrogen-bond acceptors (Lipinski definition) is 3. The molecule has 0 saturated carbocycles. The SMILES string of the molecule is CC1(c2ccccc2)NC(=O)N(NC(=O)c2cc3cc(Br)ccc3[nH]2)C1=O. The van der Waals surface area contributed by atoms with Gasteiger partial charge in [-0.2, -0.15) is 5.01 Å². The predicted molar refractivity (Wildman–Crippen MR) is 103 cm³/mol. The number of benzene rings is 2. The molecule has 0 aliphatic carbocycles. The summed E-state index contributed by atoms with van der Waals surface area (Å²) in [6.45, 7) is 1.61. The van der Waals surface area contributed by atoms with Gasteiger partial charge in [-0.15, -0.1) is 0 Å². The Kier molecular flexibility index (Phi) is 4.00. The van der Waals surface area contributed by atoms with E-state index in [1.165, 1.54) is 0 Å². The molecule has 4 amide bonds. The van der Waals surface area contributed by atoms with Crippen molar-refractivity contribution in [1.82, 2.24) is 20.7 Å². The predicted octanol–water partition coefficient (Wildman–Crippen LogP) is 3.04. The first-order valence-electron chi connectivity index (χ1n) is 8.20. The first-order chi connectivity index (χ1) is 12.9. The lowest BCUT2D eigenvalue weighted by Gasteiger charge is -2.21. The minimum absolute atomic E-state index is 0.247. The summed E-state index contributed by atoms with van der Waals surface area (Å²) in [4.78, 5) is 40.7. The number of aromatic nitrogens is 1. The molecule has 1 atom stereocenters. The van der Waals surface area contributed by atoms with Gasteiger partial charge in [0.2, 0.25) is 0 Å². The van der Waals surface area contributed by atoms with Crippen molar-refractivity contribution in [2.24, 2.45) is 0 Å². The molecule has 2 heterocycles. The van der Waals surface area contributed by atoms with Gasteiger partial charge < -0.3 is 10.3 Å². The number of amides is 4. The van der Waals surface area contributed by atoms with Crippen molar-refractivity contribution < 1.29 is 14.4 Å². The van der Waals surface area contributed by atoms with E-state index in [1.807, 2.05) is 24.3 Å². The topological polar surface area (TPSA) is 94.3 Å². The van der Waals surface area contributed by atoms with Crippen LogP contribution in [0.3, 0.4) is 0 Å². The molecule has 1 aliphatic rings. The van der Waals surface area contributed by atoms with E-state index in [0.29, 0.717) is 5.56 Å². The average Bonchev–Trinajstić information content (AvgIpc) is 3.17. The summed E-state index contributed by atoms with van der Waals surface area (Å²) in [6.07, 6.45) is 0. The Morgan fingerprint density at radius 3 is 2.59 bits per heavy atom. The van der Waals surface area contributed by atoms with Crippen molar-refractivity contribution in [3.8, 4) is 0 Å². The van der Waals surface area contributed by atoms with Crippen LogP contribution in [0.2, 0.25) is 0 Å². The van der Waals surface area contributed by atoms with Crippen LogP contribution in [0.15, 0.2) is 59.1 Å². The number of fused-ring (bicyclic) bond motifs is 1. The molecule has 4 rings (SSSR count). The first-order valence-corrected chi connectivity index (χ1v) is 8.99. The molecule has 1 saturated heterocycles. The number of rotatable bonds is 3. The molecule has 27 heavy (non-hydrogen) atoms. The number of aromatic amines is 1. The van der Waals surface area contributed by atoms with Crippen molar-refractivity contribution >= 4 is 44.7 Å². The molecule has 1 fully saturated rings. The number of carbonyl (C=O) groups is 3. The van der Waals surface area contributed by atoms with E-state index in [2.05, 4.69) is 31.7 Å². The van der Waals surface area contributed by atoms with E-state index in [9.17, 15) is 14.4 Å². The van der Waals surface area contributed by atoms with Crippen molar-refractivity contribution in [1.29, 1.82) is 0 Å². The van der Waals surface area contributed by atoms with Gasteiger partial charge in [0.05, 0.1) is 0 Å². The molecule has 8 heteroatoms. The number of carbonyl (C=O) groups excluding carboxylic acids is 3. The number of hydrazine groups is 1. The summed E-state index contributed by atoms with van der Waals surface area (Å²) < 4.78 is 0.883. The Hall–Kier alpha value is -3.13. The Morgan fingerprint density at radius 2 is 1.85 bits per heavy atom. The number of H-pyrrole nitrogens is 1. The monoisotopic (exact) mass is 426 g/mol. The molecule has 136 valence electrons. The Balaban J connectivity index is 1.59. The van der Waals surface area contributed by atoms with E-state index in [0.717, 1.165) is 20.4 Å². The zero-order valence-corrected chi connectivity index (χ0v) is 15.8. The highest BCUT2D eigenvalue weighted by Crippen LogP contribution is 2.28. The first kappa shape index (κ1) is 17.3. The summed E-state index contributed by atoms with van der Waals surface area (Å²) in [5, 5.41) is 4.20. The maximum absolute atomic E-state index is 12.8. The number of nitrogens with one attached hydrogen (secondary N) is 3. The largest absolute Gasteiger partial charge is 0.350 e. The zero-order chi connectivity index (χ0) is 19.2. The zero-order valence-electron chi connectivity index (χ0n) is 14.2. The molecule has 1 aromatic heterocycles. The van der Waals surface area contributed by atoms with Gasteiger partial charge in [-0.05, 0) is 36.8 Å².